The van der Waals surface area contributed by atoms with Crippen molar-refractivity contribution in [3.63, 3.8) is 0 Å². The van der Waals surface area contributed by atoms with E-state index in [1.807, 2.05) is 13.1 Å². The van der Waals surface area contributed by atoms with E-state index in [2.05, 4.69) is 34.0 Å². The van der Waals surface area contributed by atoms with Gasteiger partial charge in [-0.25, -0.2) is 9.97 Å². The summed E-state index contributed by atoms with van der Waals surface area (Å²) < 4.78 is 5.11. The van der Waals surface area contributed by atoms with E-state index in [1.165, 1.54) is 0 Å². The number of ether oxygens (including phenoxy) is 1. The van der Waals surface area contributed by atoms with Gasteiger partial charge in [0.05, 0.1) is 0 Å². The van der Waals surface area contributed by atoms with Crippen LogP contribution in [0, 0.1) is 0 Å². The van der Waals surface area contributed by atoms with Gasteiger partial charge in [-0.15, -0.1) is 0 Å². The molecule has 1 rings (SSSR count). The van der Waals surface area contributed by atoms with Crippen LogP contribution < -0.4 is 10.2 Å². The second kappa shape index (κ2) is 7.87. The summed E-state index contributed by atoms with van der Waals surface area (Å²) in [7, 11) is 3.71. The van der Waals surface area contributed by atoms with E-state index < -0.39 is 0 Å². The van der Waals surface area contributed by atoms with E-state index in [0.29, 0.717) is 6.61 Å². The summed E-state index contributed by atoms with van der Waals surface area (Å²) in [5, 5.41) is 3.30. The second-order valence-electron chi connectivity index (χ2n) is 4.31. The van der Waals surface area contributed by atoms with Crippen LogP contribution >= 0.6 is 0 Å². The van der Waals surface area contributed by atoms with Gasteiger partial charge in [0.15, 0.2) is 5.82 Å². The molecule has 0 aliphatic heterocycles. The van der Waals surface area contributed by atoms with E-state index in [9.17, 15) is 0 Å². The van der Waals surface area contributed by atoms with Crippen LogP contribution in [0.4, 0.5) is 11.6 Å². The zero-order valence-corrected chi connectivity index (χ0v) is 11.9. The summed E-state index contributed by atoms with van der Waals surface area (Å²) in [5.74, 6) is 2.53. The molecule has 1 heterocycles. The minimum atomic E-state index is 0.439. The number of anilines is 2. The van der Waals surface area contributed by atoms with Crippen molar-refractivity contribution < 1.29 is 4.74 Å². The van der Waals surface area contributed by atoms with Crippen LogP contribution in [0.3, 0.4) is 0 Å². The summed E-state index contributed by atoms with van der Waals surface area (Å²) in [6.45, 7) is 6.63. The van der Waals surface area contributed by atoms with Gasteiger partial charge in [0.1, 0.15) is 18.2 Å². The molecule has 5 heteroatoms. The molecule has 1 aromatic heterocycles. The Hall–Kier alpha value is -1.36. The molecule has 0 amide bonds. The summed E-state index contributed by atoms with van der Waals surface area (Å²) >= 11 is 0. The summed E-state index contributed by atoms with van der Waals surface area (Å²) in [5.41, 5.74) is 0. The maximum Gasteiger partial charge on any atom is 0.158 e. The molecular formula is C13H24N4O. The minimum Gasteiger partial charge on any atom is -0.377 e. The third kappa shape index (κ3) is 4.49. The van der Waals surface area contributed by atoms with Crippen molar-refractivity contribution in [3.05, 3.63) is 11.9 Å². The van der Waals surface area contributed by atoms with Crippen LogP contribution in [0.2, 0.25) is 0 Å². The Labute approximate surface area is 110 Å². The monoisotopic (exact) mass is 252 g/mol. The lowest BCUT2D eigenvalue weighted by atomic mass is 10.4. The van der Waals surface area contributed by atoms with E-state index in [1.54, 1.807) is 7.11 Å². The first-order valence-corrected chi connectivity index (χ1v) is 6.53. The fourth-order valence-electron chi connectivity index (χ4n) is 1.67. The highest BCUT2D eigenvalue weighted by Gasteiger charge is 2.07. The number of hydrogen-bond acceptors (Lipinski definition) is 5. The van der Waals surface area contributed by atoms with Crippen molar-refractivity contribution in [2.24, 2.45) is 0 Å². The Morgan fingerprint density at radius 1 is 1.28 bits per heavy atom. The molecule has 0 aromatic carbocycles. The SMILES string of the molecule is CCCNc1cc(N(C)CCC)nc(COC)n1. The molecule has 0 saturated carbocycles. The lowest BCUT2D eigenvalue weighted by Gasteiger charge is -2.18. The topological polar surface area (TPSA) is 50.3 Å². The molecule has 5 nitrogen and oxygen atoms in total. The number of rotatable bonds is 8. The molecule has 0 fully saturated rings. The third-order valence-corrected chi connectivity index (χ3v) is 2.54. The highest BCUT2D eigenvalue weighted by Crippen LogP contribution is 2.15. The van der Waals surface area contributed by atoms with E-state index in [0.717, 1.165) is 43.4 Å². The molecule has 102 valence electrons. The van der Waals surface area contributed by atoms with Gasteiger partial charge in [-0.2, -0.15) is 0 Å². The van der Waals surface area contributed by atoms with Crippen LogP contribution in [0.5, 0.6) is 0 Å². The molecule has 0 spiro atoms. The van der Waals surface area contributed by atoms with Gasteiger partial charge in [0, 0.05) is 33.3 Å². The number of methoxy groups -OCH3 is 1. The highest BCUT2D eigenvalue weighted by molar-refractivity contribution is 5.48. The van der Waals surface area contributed by atoms with E-state index in [-0.39, 0.29) is 0 Å². The Kier molecular flexibility index (Phi) is 6.43. The molecule has 18 heavy (non-hydrogen) atoms. The van der Waals surface area contributed by atoms with Gasteiger partial charge in [0.25, 0.3) is 0 Å². The molecule has 0 bridgehead atoms. The fraction of sp³-hybridized carbons (Fsp3) is 0.692. The molecule has 0 unspecified atom stereocenters. The summed E-state index contributed by atoms with van der Waals surface area (Å²) in [4.78, 5) is 11.1. The average molecular weight is 252 g/mol. The fourth-order valence-corrected chi connectivity index (χ4v) is 1.67. The van der Waals surface area contributed by atoms with Crippen molar-refractivity contribution in [2.45, 2.75) is 33.3 Å². The first-order chi connectivity index (χ1) is 8.71. The quantitative estimate of drug-likeness (QED) is 0.769. The predicted octanol–water partition coefficient (Wildman–Crippen LogP) is 2.29. The molecule has 1 N–H and O–H groups in total. The third-order valence-electron chi connectivity index (χ3n) is 2.54. The first-order valence-electron chi connectivity index (χ1n) is 6.53. The van der Waals surface area contributed by atoms with Crippen molar-refractivity contribution in [2.75, 3.05) is 37.5 Å². The van der Waals surface area contributed by atoms with Crippen LogP contribution in [0.25, 0.3) is 0 Å². The van der Waals surface area contributed by atoms with Crippen molar-refractivity contribution in [3.8, 4) is 0 Å². The number of aromatic nitrogens is 2. The van der Waals surface area contributed by atoms with Gasteiger partial charge in [-0.05, 0) is 12.8 Å². The highest BCUT2D eigenvalue weighted by atomic mass is 16.5. The molecule has 0 aliphatic carbocycles. The van der Waals surface area contributed by atoms with Gasteiger partial charge in [-0.1, -0.05) is 13.8 Å². The van der Waals surface area contributed by atoms with Gasteiger partial charge < -0.3 is 15.0 Å². The molecule has 0 aliphatic rings. The van der Waals surface area contributed by atoms with Crippen LogP contribution in [0.15, 0.2) is 6.07 Å². The number of hydrogen-bond donors (Lipinski definition) is 1. The Bertz CT molecular complexity index is 357. The number of nitrogens with one attached hydrogen (secondary N) is 1. The lowest BCUT2D eigenvalue weighted by Crippen LogP contribution is -2.20. The second-order valence-corrected chi connectivity index (χ2v) is 4.31. The zero-order chi connectivity index (χ0) is 13.4. The van der Waals surface area contributed by atoms with E-state index in [4.69, 9.17) is 4.74 Å². The Morgan fingerprint density at radius 3 is 2.67 bits per heavy atom. The maximum absolute atomic E-state index is 5.11. The van der Waals surface area contributed by atoms with Crippen molar-refractivity contribution >= 4 is 11.6 Å². The zero-order valence-electron chi connectivity index (χ0n) is 11.9. The molecule has 1 aromatic rings. The maximum atomic E-state index is 5.11. The van der Waals surface area contributed by atoms with Gasteiger partial charge in [-0.3, -0.25) is 0 Å². The van der Waals surface area contributed by atoms with Crippen molar-refractivity contribution in [1.82, 2.24) is 9.97 Å². The largest absolute Gasteiger partial charge is 0.377 e. The minimum absolute atomic E-state index is 0.439. The average Bonchev–Trinajstić information content (AvgIpc) is 2.37. The lowest BCUT2D eigenvalue weighted by molar-refractivity contribution is 0.178. The number of nitrogens with zero attached hydrogens (tertiary/aromatic N) is 3. The first kappa shape index (κ1) is 14.7. The van der Waals surface area contributed by atoms with Gasteiger partial charge in [0.2, 0.25) is 0 Å². The van der Waals surface area contributed by atoms with E-state index >= 15 is 0 Å². The van der Waals surface area contributed by atoms with Crippen LogP contribution in [0.1, 0.15) is 32.5 Å². The normalized spacial score (nSPS) is 10.4. The Morgan fingerprint density at radius 2 is 2.06 bits per heavy atom. The van der Waals surface area contributed by atoms with Gasteiger partial charge >= 0.3 is 0 Å². The van der Waals surface area contributed by atoms with Crippen molar-refractivity contribution in [1.29, 1.82) is 0 Å². The summed E-state index contributed by atoms with van der Waals surface area (Å²) in [6, 6.07) is 1.99. The standard InChI is InChI=1S/C13H24N4O/c1-5-7-14-11-9-13(17(3)8-6-2)16-12(15-11)10-18-4/h9H,5-8,10H2,1-4H3,(H,14,15,16). The molecule has 0 atom stereocenters. The smallest absolute Gasteiger partial charge is 0.158 e. The Balaban J connectivity index is 2.89. The van der Waals surface area contributed by atoms with Crippen LogP contribution in [-0.2, 0) is 11.3 Å². The summed E-state index contributed by atoms with van der Waals surface area (Å²) in [6.07, 6.45) is 2.17. The molecular weight excluding hydrogens is 228 g/mol. The molecule has 0 radical (unpaired) electrons. The molecule has 0 saturated heterocycles. The predicted molar refractivity (Wildman–Crippen MR) is 75.1 cm³/mol. The van der Waals surface area contributed by atoms with Crippen LogP contribution in [-0.4, -0.2) is 37.2 Å².